The summed E-state index contributed by atoms with van der Waals surface area (Å²) in [5, 5.41) is 17.2. The molecule has 0 saturated heterocycles. The molecule has 8 heteroatoms. The maximum Gasteiger partial charge on any atom is 0.327 e. The Hall–Kier alpha value is -1.38. The molecule has 0 aliphatic heterocycles. The molecule has 0 amide bonds. The number of aliphatic carboxylic acids is 1. The van der Waals surface area contributed by atoms with Gasteiger partial charge in [0.25, 0.3) is 10.1 Å². The third-order valence-electron chi connectivity index (χ3n) is 2.99. The van der Waals surface area contributed by atoms with Gasteiger partial charge in [-0.05, 0) is 25.5 Å². The third-order valence-corrected chi connectivity index (χ3v) is 4.79. The predicted octanol–water partition coefficient (Wildman–Crippen LogP) is 1.63. The zero-order valence-corrected chi connectivity index (χ0v) is 12.2. The van der Waals surface area contributed by atoms with Crippen molar-refractivity contribution in [3.63, 3.8) is 0 Å². The number of carbonyl (C=O) groups is 1. The normalized spacial score (nSPS) is 15.7. The van der Waals surface area contributed by atoms with Gasteiger partial charge in [-0.15, -0.1) is 4.33 Å². The molecule has 7 nitrogen and oxygen atoms in total. The van der Waals surface area contributed by atoms with E-state index in [2.05, 4.69) is 4.33 Å². The maximum absolute atomic E-state index is 12.0. The van der Waals surface area contributed by atoms with Crippen LogP contribution in [0.3, 0.4) is 0 Å². The molecule has 0 radical (unpaired) electrons. The molecule has 1 unspecified atom stereocenters. The van der Waals surface area contributed by atoms with E-state index in [4.69, 9.17) is 16.1 Å². The van der Waals surface area contributed by atoms with Crippen molar-refractivity contribution in [1.82, 2.24) is 0 Å². The lowest BCUT2D eigenvalue weighted by molar-refractivity contribution is -0.133. The van der Waals surface area contributed by atoms with E-state index in [1.54, 1.807) is 0 Å². The molecule has 0 aromatic carbocycles. The van der Waals surface area contributed by atoms with Gasteiger partial charge in [0, 0.05) is 6.08 Å². The lowest BCUT2D eigenvalue weighted by Crippen LogP contribution is -2.39. The first-order valence-corrected chi connectivity index (χ1v) is 7.60. The van der Waals surface area contributed by atoms with E-state index in [1.807, 2.05) is 6.92 Å². The second-order valence-corrected chi connectivity index (χ2v) is 6.32. The van der Waals surface area contributed by atoms with Gasteiger partial charge in [0.05, 0.1) is 0 Å². The second-order valence-electron chi connectivity index (χ2n) is 4.39. The summed E-state index contributed by atoms with van der Waals surface area (Å²) in [6.07, 6.45) is 6.23. The molecular weight excluding hydrogens is 286 g/mol. The molecule has 0 aliphatic rings. The van der Waals surface area contributed by atoms with Crippen LogP contribution in [-0.4, -0.2) is 29.5 Å². The van der Waals surface area contributed by atoms with Crippen LogP contribution in [0, 0.1) is 0 Å². The predicted molar refractivity (Wildman–Crippen MR) is 74.2 cm³/mol. The van der Waals surface area contributed by atoms with Crippen molar-refractivity contribution in [2.24, 2.45) is 5.73 Å². The molecule has 1 atom stereocenters. The number of hydrogen-bond donors (Lipinski definition) is 3. The van der Waals surface area contributed by atoms with Crippen LogP contribution >= 0.6 is 0 Å². The van der Waals surface area contributed by atoms with Crippen molar-refractivity contribution in [3.8, 4) is 0 Å². The van der Waals surface area contributed by atoms with Crippen molar-refractivity contribution in [1.29, 1.82) is 0 Å². The summed E-state index contributed by atoms with van der Waals surface area (Å²) in [7, 11) is -4.26. The van der Waals surface area contributed by atoms with Crippen molar-refractivity contribution in [2.75, 3.05) is 0 Å². The molecule has 0 saturated carbocycles. The van der Waals surface area contributed by atoms with Crippen molar-refractivity contribution >= 4 is 16.1 Å². The summed E-state index contributed by atoms with van der Waals surface area (Å²) >= 11 is 0. The number of rotatable bonds is 10. The average molecular weight is 307 g/mol. The van der Waals surface area contributed by atoms with E-state index in [-0.39, 0.29) is 19.3 Å². The van der Waals surface area contributed by atoms with Crippen LogP contribution in [-0.2, 0) is 19.2 Å². The van der Waals surface area contributed by atoms with Crippen LogP contribution in [0.1, 0.15) is 39.0 Å². The first kappa shape index (κ1) is 18.6. The molecule has 0 aromatic rings. The summed E-state index contributed by atoms with van der Waals surface area (Å²) in [6, 6.07) is 0. The maximum atomic E-state index is 12.0. The average Bonchev–Trinajstić information content (AvgIpc) is 2.40. The molecule has 0 aliphatic carbocycles. The zero-order chi connectivity index (χ0) is 15.6. The highest BCUT2D eigenvalue weighted by Crippen LogP contribution is 2.34. The Balaban J connectivity index is 5.46. The van der Waals surface area contributed by atoms with Crippen LogP contribution in [0.2, 0.25) is 0 Å². The first-order chi connectivity index (χ1) is 9.35. The minimum absolute atomic E-state index is 0.0242. The van der Waals surface area contributed by atoms with E-state index in [0.717, 1.165) is 12.5 Å². The Kier molecular flexibility index (Phi) is 8.12. The molecule has 0 aromatic heterocycles. The Labute approximate surface area is 118 Å². The lowest BCUT2D eigenvalue weighted by Gasteiger charge is -2.29. The highest BCUT2D eigenvalue weighted by atomic mass is 32.2. The summed E-state index contributed by atoms with van der Waals surface area (Å²) in [6.45, 7) is 1.89. The number of allylic oxidation sites excluding steroid dienone is 2. The molecule has 20 heavy (non-hydrogen) atoms. The third kappa shape index (κ3) is 5.32. The Morgan fingerprint density at radius 3 is 2.40 bits per heavy atom. The van der Waals surface area contributed by atoms with E-state index in [1.165, 1.54) is 18.4 Å². The topological polar surface area (TPSA) is 127 Å². The van der Waals surface area contributed by atoms with Crippen LogP contribution in [0.4, 0.5) is 0 Å². The first-order valence-electron chi connectivity index (χ1n) is 6.19. The Morgan fingerprint density at radius 1 is 1.35 bits per heavy atom. The van der Waals surface area contributed by atoms with E-state index >= 15 is 0 Å². The fraction of sp³-hybridized carbons (Fsp3) is 0.583. The number of unbranched alkanes of at least 4 members (excludes halogenated alkanes) is 1. The van der Waals surface area contributed by atoms with Crippen LogP contribution in [0.5, 0.6) is 0 Å². The molecule has 4 N–H and O–H groups in total. The fourth-order valence-corrected chi connectivity index (χ4v) is 3.01. The molecule has 0 fully saturated rings. The van der Waals surface area contributed by atoms with Crippen molar-refractivity contribution in [3.05, 3.63) is 24.4 Å². The summed E-state index contributed by atoms with van der Waals surface area (Å²) in [4.78, 5) is 10.5. The molecular formula is C12H21NO6S. The minimum atomic E-state index is -4.26. The van der Waals surface area contributed by atoms with E-state index in [0.29, 0.717) is 6.42 Å². The quantitative estimate of drug-likeness (QED) is 0.318. The number of hydrogen-bond acceptors (Lipinski definition) is 6. The Morgan fingerprint density at radius 2 is 1.95 bits per heavy atom. The van der Waals surface area contributed by atoms with Gasteiger partial charge >= 0.3 is 5.97 Å². The summed E-state index contributed by atoms with van der Waals surface area (Å²) in [5.74, 6) is -1.17. The van der Waals surface area contributed by atoms with Crippen LogP contribution in [0.15, 0.2) is 24.4 Å². The monoisotopic (exact) mass is 307 g/mol. The van der Waals surface area contributed by atoms with Crippen LogP contribution in [0.25, 0.3) is 0 Å². The summed E-state index contributed by atoms with van der Waals surface area (Å²) < 4.78 is 26.2. The van der Waals surface area contributed by atoms with E-state index in [9.17, 15) is 13.2 Å². The van der Waals surface area contributed by atoms with Crippen molar-refractivity contribution < 1.29 is 27.9 Å². The molecule has 0 rings (SSSR count). The van der Waals surface area contributed by atoms with Crippen molar-refractivity contribution in [2.45, 2.75) is 43.8 Å². The number of carboxylic acid groups (broad SMARTS) is 1. The molecule has 0 bridgehead atoms. The second kappa shape index (κ2) is 8.72. The largest absolute Gasteiger partial charge is 0.478 e. The van der Waals surface area contributed by atoms with Gasteiger partial charge in [0.2, 0.25) is 0 Å². The van der Waals surface area contributed by atoms with Gasteiger partial charge in [-0.2, -0.15) is 8.42 Å². The lowest BCUT2D eigenvalue weighted by atomic mass is 9.93. The SMILES string of the molecule is CCCCC(CC=CN)(CC=CC(=O)O)S(=O)(=O)OO. The molecule has 116 valence electrons. The number of nitrogens with two attached hydrogens (primary N) is 1. The minimum Gasteiger partial charge on any atom is -0.478 e. The van der Waals surface area contributed by atoms with Gasteiger partial charge in [-0.25, -0.2) is 10.1 Å². The zero-order valence-electron chi connectivity index (χ0n) is 11.4. The van der Waals surface area contributed by atoms with Gasteiger partial charge < -0.3 is 10.8 Å². The van der Waals surface area contributed by atoms with Gasteiger partial charge in [-0.1, -0.05) is 31.9 Å². The standard InChI is InChI=1S/C12H21NO6S/c1-2-3-7-12(9-5-10-13,20(17,18)19-16)8-4-6-11(14)15/h4-6,10,16H,2-3,7-9,13H2,1H3,(H,14,15). The van der Waals surface area contributed by atoms with Gasteiger partial charge in [0.15, 0.2) is 0 Å². The molecule has 0 spiro atoms. The van der Waals surface area contributed by atoms with Gasteiger partial charge in [0.1, 0.15) is 4.75 Å². The molecule has 0 heterocycles. The Bertz CT molecular complexity index is 457. The summed E-state index contributed by atoms with van der Waals surface area (Å²) in [5.41, 5.74) is 5.24. The van der Waals surface area contributed by atoms with Gasteiger partial charge in [-0.3, -0.25) is 0 Å². The highest BCUT2D eigenvalue weighted by Gasteiger charge is 2.42. The fourth-order valence-electron chi connectivity index (χ4n) is 1.85. The smallest absolute Gasteiger partial charge is 0.327 e. The van der Waals surface area contributed by atoms with Crippen LogP contribution < -0.4 is 5.73 Å². The highest BCUT2D eigenvalue weighted by molar-refractivity contribution is 7.88. The van der Waals surface area contributed by atoms with E-state index < -0.39 is 20.8 Å². The number of carboxylic acids is 1.